The number of para-hydroxylation sites is 1. The number of nitrogens with zero attached hydrogens (tertiary/aromatic N) is 1. The minimum Gasteiger partial charge on any atom is -0.338 e. The summed E-state index contributed by atoms with van der Waals surface area (Å²) in [6, 6.07) is 12.9. The van der Waals surface area contributed by atoms with Crippen molar-refractivity contribution >= 4 is 11.0 Å². The number of benzene rings is 2. The maximum Gasteiger partial charge on any atom is 0.151 e. The van der Waals surface area contributed by atoms with Crippen molar-refractivity contribution in [2.75, 3.05) is 6.54 Å². The Balaban J connectivity index is 2.01. The second kappa shape index (κ2) is 4.82. The van der Waals surface area contributed by atoms with Crippen molar-refractivity contribution < 1.29 is 4.39 Å². The van der Waals surface area contributed by atoms with Crippen molar-refractivity contribution in [2.24, 2.45) is 5.73 Å². The topological polar surface area (TPSA) is 54.7 Å². The van der Waals surface area contributed by atoms with Crippen molar-refractivity contribution in [3.8, 4) is 11.4 Å². The van der Waals surface area contributed by atoms with Gasteiger partial charge in [0.05, 0.1) is 5.52 Å². The van der Waals surface area contributed by atoms with E-state index in [-0.39, 0.29) is 5.82 Å². The fourth-order valence-electron chi connectivity index (χ4n) is 2.13. The van der Waals surface area contributed by atoms with E-state index >= 15 is 0 Å². The Bertz CT molecular complexity index is 701. The lowest BCUT2D eigenvalue weighted by atomic mass is 10.1. The molecule has 0 radical (unpaired) electrons. The second-order valence-electron chi connectivity index (χ2n) is 4.46. The number of rotatable bonds is 3. The number of nitrogens with one attached hydrogen (secondary N) is 1. The number of H-pyrrole nitrogens is 1. The molecule has 0 bridgehead atoms. The fraction of sp³-hybridized carbons (Fsp3) is 0.133. The van der Waals surface area contributed by atoms with Gasteiger partial charge in [0.25, 0.3) is 0 Å². The first kappa shape index (κ1) is 11.9. The first-order valence-electron chi connectivity index (χ1n) is 6.21. The third-order valence-electron chi connectivity index (χ3n) is 3.12. The fourth-order valence-corrected chi connectivity index (χ4v) is 2.13. The molecule has 3 N–H and O–H groups in total. The van der Waals surface area contributed by atoms with Gasteiger partial charge in [0.1, 0.15) is 11.3 Å². The lowest BCUT2D eigenvalue weighted by molar-refractivity contribution is 0.637. The minimum absolute atomic E-state index is 0.306. The minimum atomic E-state index is -0.306. The van der Waals surface area contributed by atoms with Gasteiger partial charge in [-0.1, -0.05) is 30.3 Å². The molecule has 1 heterocycles. The van der Waals surface area contributed by atoms with E-state index < -0.39 is 0 Å². The van der Waals surface area contributed by atoms with Crippen LogP contribution in [-0.2, 0) is 6.42 Å². The van der Waals surface area contributed by atoms with Crippen LogP contribution >= 0.6 is 0 Å². The van der Waals surface area contributed by atoms with Gasteiger partial charge in [-0.3, -0.25) is 0 Å². The molecular formula is C15H14FN3. The molecule has 1 aromatic heterocycles. The molecule has 4 heteroatoms. The third kappa shape index (κ3) is 2.22. The van der Waals surface area contributed by atoms with Crippen LogP contribution < -0.4 is 5.73 Å². The molecule has 0 aliphatic heterocycles. The molecule has 0 aliphatic rings. The van der Waals surface area contributed by atoms with E-state index in [1.165, 1.54) is 11.6 Å². The van der Waals surface area contributed by atoms with Crippen LogP contribution in [0.3, 0.4) is 0 Å². The number of hydrogen-bond acceptors (Lipinski definition) is 2. The van der Waals surface area contributed by atoms with Crippen LogP contribution in [0.25, 0.3) is 22.4 Å². The number of halogens is 1. The molecule has 3 aromatic rings. The molecule has 96 valence electrons. The third-order valence-corrected chi connectivity index (χ3v) is 3.12. The van der Waals surface area contributed by atoms with Crippen LogP contribution in [0.2, 0.25) is 0 Å². The normalized spacial score (nSPS) is 11.1. The van der Waals surface area contributed by atoms with Crippen molar-refractivity contribution in [1.29, 1.82) is 0 Å². The number of hydrogen-bond donors (Lipinski definition) is 2. The maximum atomic E-state index is 13.6. The highest BCUT2D eigenvalue weighted by atomic mass is 19.1. The Morgan fingerprint density at radius 2 is 1.89 bits per heavy atom. The molecule has 19 heavy (non-hydrogen) atoms. The lowest BCUT2D eigenvalue weighted by Crippen LogP contribution is -2.02. The molecule has 2 aromatic carbocycles. The molecule has 0 spiro atoms. The molecule has 0 aliphatic carbocycles. The first-order chi connectivity index (χ1) is 9.28. The van der Waals surface area contributed by atoms with Gasteiger partial charge in [-0.15, -0.1) is 0 Å². The largest absolute Gasteiger partial charge is 0.338 e. The first-order valence-corrected chi connectivity index (χ1v) is 6.21. The van der Waals surface area contributed by atoms with Crippen molar-refractivity contribution in [2.45, 2.75) is 6.42 Å². The Kier molecular flexibility index (Phi) is 3.01. The summed E-state index contributed by atoms with van der Waals surface area (Å²) < 4.78 is 13.6. The van der Waals surface area contributed by atoms with E-state index in [0.717, 1.165) is 12.0 Å². The molecule has 0 saturated heterocycles. The zero-order valence-corrected chi connectivity index (χ0v) is 10.4. The molecule has 0 atom stereocenters. The molecule has 0 saturated carbocycles. The molecular weight excluding hydrogens is 241 g/mol. The van der Waals surface area contributed by atoms with E-state index in [9.17, 15) is 4.39 Å². The second-order valence-corrected chi connectivity index (χ2v) is 4.46. The monoisotopic (exact) mass is 255 g/mol. The predicted octanol–water partition coefficient (Wildman–Crippen LogP) is 2.87. The molecule has 0 fully saturated rings. The Morgan fingerprint density at radius 3 is 2.58 bits per heavy atom. The quantitative estimate of drug-likeness (QED) is 0.756. The summed E-state index contributed by atoms with van der Waals surface area (Å²) in [5.74, 6) is 0.374. The molecule has 0 unspecified atom stereocenters. The summed E-state index contributed by atoms with van der Waals surface area (Å²) >= 11 is 0. The van der Waals surface area contributed by atoms with Crippen molar-refractivity contribution in [3.05, 3.63) is 53.8 Å². The van der Waals surface area contributed by atoms with Crippen LogP contribution in [0.5, 0.6) is 0 Å². The SMILES string of the molecule is NCCc1ccc(-c2nc3c(F)cccc3[nH]2)cc1. The van der Waals surface area contributed by atoms with Gasteiger partial charge in [0.15, 0.2) is 5.82 Å². The van der Waals surface area contributed by atoms with E-state index in [4.69, 9.17) is 5.73 Å². The average molecular weight is 255 g/mol. The average Bonchev–Trinajstić information content (AvgIpc) is 2.85. The Morgan fingerprint density at radius 1 is 1.11 bits per heavy atom. The maximum absolute atomic E-state index is 13.6. The zero-order chi connectivity index (χ0) is 13.2. The zero-order valence-electron chi connectivity index (χ0n) is 10.4. The summed E-state index contributed by atoms with van der Waals surface area (Å²) in [6.45, 7) is 0.634. The van der Waals surface area contributed by atoms with Crippen LogP contribution in [-0.4, -0.2) is 16.5 Å². The van der Waals surface area contributed by atoms with Gasteiger partial charge in [-0.2, -0.15) is 0 Å². The van der Waals surface area contributed by atoms with Gasteiger partial charge in [0, 0.05) is 5.56 Å². The number of nitrogens with two attached hydrogens (primary N) is 1. The van der Waals surface area contributed by atoms with Gasteiger partial charge >= 0.3 is 0 Å². The number of aromatic amines is 1. The number of imidazole rings is 1. The number of fused-ring (bicyclic) bond motifs is 1. The van der Waals surface area contributed by atoms with E-state index in [2.05, 4.69) is 9.97 Å². The Labute approximate surface area is 110 Å². The molecule has 3 rings (SSSR count). The van der Waals surface area contributed by atoms with Gasteiger partial charge in [-0.25, -0.2) is 9.37 Å². The van der Waals surface area contributed by atoms with Gasteiger partial charge in [-0.05, 0) is 30.7 Å². The molecule has 0 amide bonds. The highest BCUT2D eigenvalue weighted by Gasteiger charge is 2.08. The van der Waals surface area contributed by atoms with Crippen LogP contribution in [0.4, 0.5) is 4.39 Å². The van der Waals surface area contributed by atoms with Crippen LogP contribution in [0.15, 0.2) is 42.5 Å². The van der Waals surface area contributed by atoms with Crippen molar-refractivity contribution in [3.63, 3.8) is 0 Å². The number of aromatic nitrogens is 2. The van der Waals surface area contributed by atoms with Gasteiger partial charge in [0.2, 0.25) is 0 Å². The highest BCUT2D eigenvalue weighted by Crippen LogP contribution is 2.22. The van der Waals surface area contributed by atoms with Crippen LogP contribution in [0, 0.1) is 5.82 Å². The van der Waals surface area contributed by atoms with Gasteiger partial charge < -0.3 is 10.7 Å². The van der Waals surface area contributed by atoms with Crippen molar-refractivity contribution in [1.82, 2.24) is 9.97 Å². The van der Waals surface area contributed by atoms with E-state index in [1.807, 2.05) is 30.3 Å². The summed E-state index contributed by atoms with van der Waals surface area (Å²) in [6.07, 6.45) is 0.856. The summed E-state index contributed by atoms with van der Waals surface area (Å²) in [5, 5.41) is 0. The van der Waals surface area contributed by atoms with Crippen LogP contribution in [0.1, 0.15) is 5.56 Å². The lowest BCUT2D eigenvalue weighted by Gasteiger charge is -2.00. The van der Waals surface area contributed by atoms with E-state index in [1.54, 1.807) is 6.07 Å². The van der Waals surface area contributed by atoms with E-state index in [0.29, 0.717) is 23.4 Å². The smallest absolute Gasteiger partial charge is 0.151 e. The summed E-state index contributed by atoms with van der Waals surface area (Å²) in [7, 11) is 0. The highest BCUT2D eigenvalue weighted by molar-refractivity contribution is 5.79. The standard InChI is InChI=1S/C15H14FN3/c16-12-2-1-3-13-14(12)19-15(18-13)11-6-4-10(5-7-11)8-9-17/h1-7H,8-9,17H2,(H,18,19). The Hall–Kier alpha value is -2.20. The molecule has 3 nitrogen and oxygen atoms in total. The summed E-state index contributed by atoms with van der Waals surface area (Å²) in [4.78, 5) is 7.43. The predicted molar refractivity (Wildman–Crippen MR) is 74.2 cm³/mol. The summed E-state index contributed by atoms with van der Waals surface area (Å²) in [5.41, 5.74) is 8.73.